The molecule has 0 amide bonds. The molecule has 1 aliphatic rings. The van der Waals surface area contributed by atoms with Crippen LogP contribution in [0.1, 0.15) is 81.4 Å². The second-order valence-corrected chi connectivity index (χ2v) is 8.54. The van der Waals surface area contributed by atoms with E-state index >= 15 is 4.39 Å². The van der Waals surface area contributed by atoms with Crippen LogP contribution < -0.4 is 0 Å². The van der Waals surface area contributed by atoms with Crippen LogP contribution in [0.25, 0.3) is 5.57 Å². The summed E-state index contributed by atoms with van der Waals surface area (Å²) in [4.78, 5) is 0. The lowest BCUT2D eigenvalue weighted by molar-refractivity contribution is 0.239. The first-order valence-electron chi connectivity index (χ1n) is 11.7. The monoisotopic (exact) mass is 426 g/mol. The fourth-order valence-corrected chi connectivity index (χ4v) is 4.38. The van der Waals surface area contributed by atoms with Gasteiger partial charge in [0.2, 0.25) is 0 Å². The number of allylic oxidation sites excluding steroid dienone is 4. The zero-order chi connectivity index (χ0) is 22.1. The van der Waals surface area contributed by atoms with E-state index < -0.39 is 17.3 Å². The minimum Gasteiger partial charge on any atom is -0.233 e. The van der Waals surface area contributed by atoms with Crippen LogP contribution in [0.3, 0.4) is 0 Å². The molecule has 0 N–H and O–H groups in total. The van der Waals surface area contributed by atoms with Crippen molar-refractivity contribution in [3.63, 3.8) is 0 Å². The maximum atomic E-state index is 16.2. The largest absolute Gasteiger partial charge is 0.233 e. The Hall–Kier alpha value is -2.29. The van der Waals surface area contributed by atoms with Crippen LogP contribution in [0.2, 0.25) is 0 Å². The van der Waals surface area contributed by atoms with Gasteiger partial charge in [-0.2, -0.15) is 0 Å². The minimum atomic E-state index is -2.09. The standard InChI is InChI=1S/C28H33F3/c1-2-3-4-5-6-7-8-9-14-22-15-12-16-23(21-22)24-17-10-11-20-28(24,31)25-18-13-19-26(29)27(25)30/h10-13,15-19,21H,2-9,14,20H2,1H3. The van der Waals surface area contributed by atoms with Gasteiger partial charge in [0.1, 0.15) is 0 Å². The first kappa shape index (κ1) is 23.4. The molecule has 0 bridgehead atoms. The molecule has 31 heavy (non-hydrogen) atoms. The number of hydrogen-bond acceptors (Lipinski definition) is 0. The molecule has 166 valence electrons. The number of aryl methyl sites for hydroxylation is 1. The number of unbranched alkanes of at least 4 members (excludes halogenated alkanes) is 7. The Labute approximate surface area is 184 Å². The minimum absolute atomic E-state index is 0.0124. The van der Waals surface area contributed by atoms with E-state index in [1.807, 2.05) is 18.2 Å². The van der Waals surface area contributed by atoms with Gasteiger partial charge in [0, 0.05) is 17.6 Å². The van der Waals surface area contributed by atoms with Gasteiger partial charge in [-0.15, -0.1) is 0 Å². The Kier molecular flexibility index (Phi) is 8.57. The van der Waals surface area contributed by atoms with Crippen molar-refractivity contribution < 1.29 is 13.2 Å². The number of benzene rings is 2. The fourth-order valence-electron chi connectivity index (χ4n) is 4.38. The van der Waals surface area contributed by atoms with E-state index in [1.54, 1.807) is 18.2 Å². The predicted octanol–water partition coefficient (Wildman–Crippen LogP) is 8.86. The molecule has 1 aliphatic carbocycles. The van der Waals surface area contributed by atoms with Crippen LogP contribution in [-0.2, 0) is 12.1 Å². The highest BCUT2D eigenvalue weighted by atomic mass is 19.2. The summed E-state index contributed by atoms with van der Waals surface area (Å²) < 4.78 is 44.5. The van der Waals surface area contributed by atoms with Crippen molar-refractivity contribution in [3.8, 4) is 0 Å². The summed E-state index contributed by atoms with van der Waals surface area (Å²) in [5.74, 6) is -2.13. The van der Waals surface area contributed by atoms with E-state index in [9.17, 15) is 8.78 Å². The third-order valence-corrected chi connectivity index (χ3v) is 6.16. The second-order valence-electron chi connectivity index (χ2n) is 8.54. The van der Waals surface area contributed by atoms with Gasteiger partial charge in [-0.1, -0.05) is 106 Å². The van der Waals surface area contributed by atoms with E-state index in [0.29, 0.717) is 5.57 Å². The van der Waals surface area contributed by atoms with Crippen molar-refractivity contribution in [1.29, 1.82) is 0 Å². The molecule has 1 atom stereocenters. The van der Waals surface area contributed by atoms with Crippen LogP contribution in [0.5, 0.6) is 0 Å². The van der Waals surface area contributed by atoms with Crippen LogP contribution in [0.4, 0.5) is 13.2 Å². The predicted molar refractivity (Wildman–Crippen MR) is 124 cm³/mol. The summed E-state index contributed by atoms with van der Waals surface area (Å²) >= 11 is 0. The van der Waals surface area contributed by atoms with E-state index in [-0.39, 0.29) is 12.0 Å². The molecule has 2 aromatic rings. The van der Waals surface area contributed by atoms with Gasteiger partial charge in [-0.3, -0.25) is 0 Å². The van der Waals surface area contributed by atoms with Crippen molar-refractivity contribution in [2.24, 2.45) is 0 Å². The Morgan fingerprint density at radius 2 is 1.58 bits per heavy atom. The van der Waals surface area contributed by atoms with E-state index in [4.69, 9.17) is 0 Å². The van der Waals surface area contributed by atoms with E-state index in [1.165, 1.54) is 57.1 Å². The molecule has 0 spiro atoms. The average molecular weight is 427 g/mol. The normalized spacial score (nSPS) is 18.3. The summed E-state index contributed by atoms with van der Waals surface area (Å²) in [6.45, 7) is 2.23. The first-order chi connectivity index (χ1) is 15.1. The molecule has 1 unspecified atom stereocenters. The van der Waals surface area contributed by atoms with Crippen molar-refractivity contribution in [2.75, 3.05) is 0 Å². The zero-order valence-corrected chi connectivity index (χ0v) is 18.5. The number of alkyl halides is 1. The van der Waals surface area contributed by atoms with Gasteiger partial charge in [-0.05, 0) is 30.0 Å². The van der Waals surface area contributed by atoms with Crippen molar-refractivity contribution in [1.82, 2.24) is 0 Å². The van der Waals surface area contributed by atoms with Crippen molar-refractivity contribution >= 4 is 5.57 Å². The highest BCUT2D eigenvalue weighted by molar-refractivity contribution is 5.77. The first-order valence-corrected chi connectivity index (χ1v) is 11.7. The van der Waals surface area contributed by atoms with Gasteiger partial charge in [0.15, 0.2) is 17.3 Å². The molecule has 0 aliphatic heterocycles. The topological polar surface area (TPSA) is 0 Å². The van der Waals surface area contributed by atoms with Crippen LogP contribution in [0.15, 0.2) is 60.7 Å². The molecule has 0 saturated heterocycles. The summed E-state index contributed by atoms with van der Waals surface area (Å²) in [6, 6.07) is 11.6. The number of halogens is 3. The van der Waals surface area contributed by atoms with Gasteiger partial charge < -0.3 is 0 Å². The fraction of sp³-hybridized carbons (Fsp3) is 0.429. The molecule has 0 heterocycles. The third kappa shape index (κ3) is 5.90. The summed E-state index contributed by atoms with van der Waals surface area (Å²) in [6.07, 6.45) is 16.2. The molecule has 3 rings (SSSR count). The number of hydrogen-bond donors (Lipinski definition) is 0. The lowest BCUT2D eigenvalue weighted by Gasteiger charge is -2.30. The molecule has 0 fully saturated rings. The Balaban J connectivity index is 1.68. The van der Waals surface area contributed by atoms with Gasteiger partial charge in [0.25, 0.3) is 0 Å². The van der Waals surface area contributed by atoms with Crippen molar-refractivity contribution in [2.45, 2.75) is 76.8 Å². The number of rotatable bonds is 11. The van der Waals surface area contributed by atoms with Crippen molar-refractivity contribution in [3.05, 3.63) is 89.0 Å². The lowest BCUT2D eigenvalue weighted by atomic mass is 9.78. The molecular weight excluding hydrogens is 393 g/mol. The molecule has 0 radical (unpaired) electrons. The third-order valence-electron chi connectivity index (χ3n) is 6.16. The lowest BCUT2D eigenvalue weighted by Crippen LogP contribution is -2.25. The molecule has 0 aromatic heterocycles. The average Bonchev–Trinajstić information content (AvgIpc) is 2.78. The quantitative estimate of drug-likeness (QED) is 0.315. The van der Waals surface area contributed by atoms with Crippen LogP contribution >= 0.6 is 0 Å². The maximum Gasteiger partial charge on any atom is 0.167 e. The maximum absolute atomic E-state index is 16.2. The molecule has 0 nitrogen and oxygen atoms in total. The van der Waals surface area contributed by atoms with E-state index in [2.05, 4.69) is 13.0 Å². The molecular formula is C28H33F3. The van der Waals surface area contributed by atoms with Crippen LogP contribution in [0, 0.1) is 11.6 Å². The summed E-state index contributed by atoms with van der Waals surface area (Å²) in [5.41, 5.74) is -0.0552. The second kappa shape index (κ2) is 11.4. The van der Waals surface area contributed by atoms with Gasteiger partial charge >= 0.3 is 0 Å². The molecule has 2 aromatic carbocycles. The SMILES string of the molecule is CCCCCCCCCCc1cccc(C2=CC=CCC2(F)c2cccc(F)c2F)c1. The highest BCUT2D eigenvalue weighted by Gasteiger charge is 2.40. The van der Waals surface area contributed by atoms with E-state index in [0.717, 1.165) is 30.0 Å². The smallest absolute Gasteiger partial charge is 0.167 e. The summed E-state index contributed by atoms with van der Waals surface area (Å²) in [5, 5.41) is 0. The van der Waals surface area contributed by atoms with Gasteiger partial charge in [0.05, 0.1) is 0 Å². The Bertz CT molecular complexity index is 912. The zero-order valence-electron chi connectivity index (χ0n) is 18.5. The Morgan fingerprint density at radius 3 is 2.35 bits per heavy atom. The molecule has 3 heteroatoms. The summed E-state index contributed by atoms with van der Waals surface area (Å²) in [7, 11) is 0. The molecule has 0 saturated carbocycles. The highest BCUT2D eigenvalue weighted by Crippen LogP contribution is 2.46. The van der Waals surface area contributed by atoms with Crippen LogP contribution in [-0.4, -0.2) is 0 Å². The Morgan fingerprint density at radius 1 is 0.871 bits per heavy atom. The van der Waals surface area contributed by atoms with Gasteiger partial charge in [-0.25, -0.2) is 13.2 Å².